The monoisotopic (exact) mass is 604 g/mol. The fourth-order valence-electron chi connectivity index (χ4n) is 3.35. The van der Waals surface area contributed by atoms with Crippen molar-refractivity contribution in [2.45, 2.75) is 13.5 Å². The first-order valence-corrected chi connectivity index (χ1v) is 13.1. The highest BCUT2D eigenvalue weighted by Gasteiger charge is 2.32. The largest absolute Gasteiger partial charge is 0.488 e. The van der Waals surface area contributed by atoms with E-state index >= 15 is 0 Å². The third kappa shape index (κ3) is 6.13. The summed E-state index contributed by atoms with van der Waals surface area (Å²) >= 11 is 16.8. The molecule has 0 aromatic heterocycles. The number of amides is 1. The molecule has 1 amide bonds. The summed E-state index contributed by atoms with van der Waals surface area (Å²) in [6, 6.07) is 17.2. The van der Waals surface area contributed by atoms with E-state index in [1.54, 1.807) is 35.2 Å². The quantitative estimate of drug-likeness (QED) is 0.280. The van der Waals surface area contributed by atoms with Gasteiger partial charge in [-0.15, -0.1) is 0 Å². The number of aliphatic imine (C=N–C) groups is 1. The average molecular weight is 606 g/mol. The fraction of sp³-hybridized carbons (Fsp3) is 0.115. The molecule has 10 heteroatoms. The maximum absolute atomic E-state index is 13.0. The standard InChI is InChI=1S/C26H19BrCl2N2O4S/c1-2-31-24(32)23(36-26(31)30-18-5-3-4-17(13-18)25(33)34)12-15-7-9-22(19(27)10-15)35-14-16-6-8-20(28)21(29)11-16/h3-13H,2,14H2,1H3,(H,33,34)/b23-12+,30-26?. The lowest BCUT2D eigenvalue weighted by Gasteiger charge is -2.12. The van der Waals surface area contributed by atoms with Gasteiger partial charge in [-0.1, -0.05) is 41.4 Å². The predicted molar refractivity (Wildman–Crippen MR) is 148 cm³/mol. The maximum atomic E-state index is 13.0. The summed E-state index contributed by atoms with van der Waals surface area (Å²) in [6.45, 7) is 2.62. The number of rotatable bonds is 7. The van der Waals surface area contributed by atoms with E-state index in [0.717, 1.165) is 15.6 Å². The van der Waals surface area contributed by atoms with Gasteiger partial charge in [0.1, 0.15) is 12.4 Å². The molecule has 0 spiro atoms. The Hall–Kier alpha value is -2.78. The van der Waals surface area contributed by atoms with E-state index in [4.69, 9.17) is 27.9 Å². The SMILES string of the molecule is CCN1C(=O)/C(=C\c2ccc(OCc3ccc(Cl)c(Cl)c3)c(Br)c2)SC1=Nc1cccc(C(=O)O)c1. The van der Waals surface area contributed by atoms with Crippen molar-refractivity contribution in [2.75, 3.05) is 6.54 Å². The van der Waals surface area contributed by atoms with Crippen LogP contribution >= 0.6 is 50.9 Å². The van der Waals surface area contributed by atoms with Crippen LogP contribution in [0.4, 0.5) is 5.69 Å². The Morgan fingerprint density at radius 3 is 2.64 bits per heavy atom. The van der Waals surface area contributed by atoms with E-state index in [0.29, 0.717) is 44.7 Å². The molecule has 6 nitrogen and oxygen atoms in total. The van der Waals surface area contributed by atoms with E-state index in [2.05, 4.69) is 20.9 Å². The number of halogens is 3. The zero-order chi connectivity index (χ0) is 25.8. The van der Waals surface area contributed by atoms with Gasteiger partial charge in [0.2, 0.25) is 0 Å². The fourth-order valence-corrected chi connectivity index (χ4v) is 5.25. The molecular weight excluding hydrogens is 587 g/mol. The molecule has 1 fully saturated rings. The molecule has 1 aliphatic heterocycles. The summed E-state index contributed by atoms with van der Waals surface area (Å²) in [5, 5.41) is 10.7. The predicted octanol–water partition coefficient (Wildman–Crippen LogP) is 7.66. The number of carbonyl (C=O) groups is 2. The molecule has 0 saturated carbocycles. The van der Waals surface area contributed by atoms with Crippen molar-refractivity contribution in [1.29, 1.82) is 0 Å². The molecule has 3 aromatic carbocycles. The van der Waals surface area contributed by atoms with Crippen molar-refractivity contribution in [3.8, 4) is 5.75 Å². The third-order valence-electron chi connectivity index (χ3n) is 5.15. The van der Waals surface area contributed by atoms with E-state index in [1.165, 1.54) is 23.9 Å². The molecule has 1 saturated heterocycles. The van der Waals surface area contributed by atoms with Crippen molar-refractivity contribution < 1.29 is 19.4 Å². The van der Waals surface area contributed by atoms with Crippen LogP contribution in [0.25, 0.3) is 6.08 Å². The second kappa shape index (κ2) is 11.5. The minimum atomic E-state index is -1.03. The molecule has 1 aliphatic rings. The topological polar surface area (TPSA) is 79.2 Å². The van der Waals surface area contributed by atoms with Crippen LogP contribution < -0.4 is 4.74 Å². The number of aromatic carboxylic acids is 1. The van der Waals surface area contributed by atoms with Gasteiger partial charge >= 0.3 is 5.97 Å². The second-order valence-electron chi connectivity index (χ2n) is 7.64. The summed E-state index contributed by atoms with van der Waals surface area (Å²) < 4.78 is 6.63. The highest BCUT2D eigenvalue weighted by atomic mass is 79.9. The minimum Gasteiger partial charge on any atom is -0.488 e. The van der Waals surface area contributed by atoms with Crippen LogP contribution in [0, 0.1) is 0 Å². The number of carbonyl (C=O) groups excluding carboxylic acids is 1. The van der Waals surface area contributed by atoms with Gasteiger partial charge in [0, 0.05) is 6.54 Å². The van der Waals surface area contributed by atoms with Gasteiger partial charge in [-0.2, -0.15) is 0 Å². The van der Waals surface area contributed by atoms with Crippen molar-refractivity contribution >= 4 is 79.7 Å². The number of carboxylic acids is 1. The van der Waals surface area contributed by atoms with Crippen LogP contribution in [0.1, 0.15) is 28.4 Å². The number of benzene rings is 3. The Morgan fingerprint density at radius 1 is 1.14 bits per heavy atom. The number of hydrogen-bond acceptors (Lipinski definition) is 5. The molecule has 36 heavy (non-hydrogen) atoms. The van der Waals surface area contributed by atoms with Gasteiger partial charge in [-0.05, 0) is 94.3 Å². The van der Waals surface area contributed by atoms with Gasteiger partial charge in [0.05, 0.1) is 30.7 Å². The lowest BCUT2D eigenvalue weighted by Crippen LogP contribution is -2.28. The normalized spacial score (nSPS) is 15.7. The summed E-state index contributed by atoms with van der Waals surface area (Å²) in [6.07, 6.45) is 1.79. The van der Waals surface area contributed by atoms with Crippen LogP contribution in [0.15, 0.2) is 75.0 Å². The van der Waals surface area contributed by atoms with Crippen LogP contribution in [-0.2, 0) is 11.4 Å². The number of likely N-dealkylation sites (N-methyl/N-ethyl adjacent to an activating group) is 1. The molecule has 0 aliphatic carbocycles. The molecule has 4 rings (SSSR count). The smallest absolute Gasteiger partial charge is 0.335 e. The van der Waals surface area contributed by atoms with Gasteiger partial charge in [0.25, 0.3) is 5.91 Å². The highest BCUT2D eigenvalue weighted by molar-refractivity contribution is 9.10. The van der Waals surface area contributed by atoms with E-state index in [9.17, 15) is 14.7 Å². The Labute approximate surface area is 230 Å². The third-order valence-corrected chi connectivity index (χ3v) is 7.52. The van der Waals surface area contributed by atoms with Crippen LogP contribution in [0.3, 0.4) is 0 Å². The lowest BCUT2D eigenvalue weighted by atomic mass is 10.2. The first-order valence-electron chi connectivity index (χ1n) is 10.7. The number of amidine groups is 1. The Morgan fingerprint density at radius 2 is 1.94 bits per heavy atom. The lowest BCUT2D eigenvalue weighted by molar-refractivity contribution is -0.122. The van der Waals surface area contributed by atoms with Gasteiger partial charge in [-0.25, -0.2) is 9.79 Å². The van der Waals surface area contributed by atoms with Crippen molar-refractivity contribution in [2.24, 2.45) is 4.99 Å². The van der Waals surface area contributed by atoms with Crippen molar-refractivity contribution in [1.82, 2.24) is 4.90 Å². The second-order valence-corrected chi connectivity index (χ2v) is 10.3. The molecule has 184 valence electrons. The first kappa shape index (κ1) is 26.3. The minimum absolute atomic E-state index is 0.135. The van der Waals surface area contributed by atoms with Gasteiger partial charge in [0.15, 0.2) is 5.17 Å². The zero-order valence-corrected chi connectivity index (χ0v) is 22.8. The zero-order valence-electron chi connectivity index (χ0n) is 18.9. The number of thioether (sulfide) groups is 1. The number of ether oxygens (including phenoxy) is 1. The summed E-state index contributed by atoms with van der Waals surface area (Å²) in [5.41, 5.74) is 2.30. The molecule has 1 heterocycles. The average Bonchev–Trinajstić information content (AvgIpc) is 3.14. The number of hydrogen-bond donors (Lipinski definition) is 1. The molecular formula is C26H19BrCl2N2O4S. The Bertz CT molecular complexity index is 1410. The first-order chi connectivity index (χ1) is 17.2. The molecule has 0 unspecified atom stereocenters. The molecule has 3 aromatic rings. The number of carboxylic acid groups (broad SMARTS) is 1. The molecule has 0 radical (unpaired) electrons. The van der Waals surface area contributed by atoms with E-state index in [-0.39, 0.29) is 11.5 Å². The highest BCUT2D eigenvalue weighted by Crippen LogP contribution is 2.35. The Balaban J connectivity index is 1.52. The Kier molecular flexibility index (Phi) is 8.41. The van der Waals surface area contributed by atoms with Crippen molar-refractivity contribution in [3.63, 3.8) is 0 Å². The van der Waals surface area contributed by atoms with Crippen LogP contribution in [-0.4, -0.2) is 33.6 Å². The molecule has 0 bridgehead atoms. The molecule has 0 atom stereocenters. The summed E-state index contributed by atoms with van der Waals surface area (Å²) in [4.78, 5) is 30.8. The van der Waals surface area contributed by atoms with Crippen LogP contribution in [0.2, 0.25) is 10.0 Å². The van der Waals surface area contributed by atoms with Gasteiger partial charge < -0.3 is 9.84 Å². The van der Waals surface area contributed by atoms with Gasteiger partial charge in [-0.3, -0.25) is 9.69 Å². The summed E-state index contributed by atoms with van der Waals surface area (Å²) in [5.74, 6) is -0.550. The van der Waals surface area contributed by atoms with Crippen LogP contribution in [0.5, 0.6) is 5.75 Å². The number of nitrogens with zero attached hydrogens (tertiary/aromatic N) is 2. The maximum Gasteiger partial charge on any atom is 0.335 e. The summed E-state index contributed by atoms with van der Waals surface area (Å²) in [7, 11) is 0. The van der Waals surface area contributed by atoms with Crippen molar-refractivity contribution in [3.05, 3.63) is 96.8 Å². The van der Waals surface area contributed by atoms with E-state index in [1.807, 2.05) is 31.2 Å². The molecule has 1 N–H and O–H groups in total. The van der Waals surface area contributed by atoms with E-state index < -0.39 is 5.97 Å².